The fourth-order valence-electron chi connectivity index (χ4n) is 3.57. The molecule has 174 valence electrons. The number of halogens is 1. The molecule has 1 aliphatic heterocycles. The maximum absolute atomic E-state index is 8.53. The quantitative estimate of drug-likeness (QED) is 0.214. The van der Waals surface area contributed by atoms with Gasteiger partial charge in [-0.2, -0.15) is 0 Å². The van der Waals surface area contributed by atoms with E-state index in [-0.39, 0.29) is 18.2 Å². The topological polar surface area (TPSA) is 85.4 Å². The summed E-state index contributed by atoms with van der Waals surface area (Å²) in [6.07, 6.45) is 7.41. The highest BCUT2D eigenvalue weighted by atomic mass is 35.5. The summed E-state index contributed by atoms with van der Waals surface area (Å²) >= 11 is 7.54. The minimum Gasteiger partial charge on any atom is -0.491 e. The van der Waals surface area contributed by atoms with Crippen molar-refractivity contribution in [2.75, 3.05) is 18.1 Å². The van der Waals surface area contributed by atoms with Gasteiger partial charge >= 0.3 is 0 Å². The van der Waals surface area contributed by atoms with E-state index in [2.05, 4.69) is 22.7 Å². The van der Waals surface area contributed by atoms with Crippen molar-refractivity contribution in [3.63, 3.8) is 0 Å². The molecule has 4 rings (SSSR count). The number of hydrogen-bond donors (Lipinski definition) is 2. The molecule has 0 unspecified atom stereocenters. The second-order valence-electron chi connectivity index (χ2n) is 7.71. The van der Waals surface area contributed by atoms with Gasteiger partial charge in [-0.15, -0.1) is 23.7 Å². The summed E-state index contributed by atoms with van der Waals surface area (Å²) in [5.41, 5.74) is 4.09. The smallest absolute Gasteiger partial charge is 0.137 e. The summed E-state index contributed by atoms with van der Waals surface area (Å²) < 4.78 is 5.54. The Morgan fingerprint density at radius 2 is 2.00 bits per heavy atom. The van der Waals surface area contributed by atoms with E-state index in [4.69, 9.17) is 38.6 Å². The van der Waals surface area contributed by atoms with E-state index in [0.717, 1.165) is 32.3 Å². The molecule has 0 fully saturated rings. The molecule has 3 aromatic rings. The highest BCUT2D eigenvalue weighted by Gasteiger charge is 2.29. The van der Waals surface area contributed by atoms with Crippen LogP contribution in [0.5, 0.6) is 5.75 Å². The first-order valence-electron chi connectivity index (χ1n) is 10.8. The van der Waals surface area contributed by atoms with Crippen LogP contribution >= 0.6 is 22.9 Å². The normalized spacial score (nSPS) is 12.6. The summed E-state index contributed by atoms with van der Waals surface area (Å²) in [4.78, 5) is 11.6. The van der Waals surface area contributed by atoms with Crippen molar-refractivity contribution in [2.45, 2.75) is 20.3 Å². The first-order valence-corrected chi connectivity index (χ1v) is 12.0. The fourth-order valence-corrected chi connectivity index (χ4v) is 4.93. The van der Waals surface area contributed by atoms with Crippen LogP contribution < -0.4 is 9.64 Å². The lowest BCUT2D eigenvalue weighted by Gasteiger charge is -2.20. The number of aliphatic imine (C=N–C) groups is 1. The van der Waals surface area contributed by atoms with Crippen molar-refractivity contribution < 1.29 is 4.74 Å². The van der Waals surface area contributed by atoms with Crippen molar-refractivity contribution in [3.05, 3.63) is 74.9 Å². The second-order valence-corrected chi connectivity index (χ2v) is 9.14. The minimum absolute atomic E-state index is 0.176. The highest BCUT2D eigenvalue weighted by molar-refractivity contribution is 7.17. The van der Waals surface area contributed by atoms with Crippen molar-refractivity contribution in [2.24, 2.45) is 4.99 Å². The predicted octanol–water partition coefficient (Wildman–Crippen LogP) is 5.54. The van der Waals surface area contributed by atoms with E-state index in [1.165, 1.54) is 11.3 Å². The van der Waals surface area contributed by atoms with Gasteiger partial charge in [0.2, 0.25) is 0 Å². The number of hydrogen-bond acceptors (Lipinski definition) is 6. The molecule has 2 N–H and O–H groups in total. The van der Waals surface area contributed by atoms with Gasteiger partial charge in [-0.05, 0) is 55.5 Å². The Bertz CT molecular complexity index is 1420. The van der Waals surface area contributed by atoms with Crippen LogP contribution in [0.3, 0.4) is 0 Å². The zero-order valence-electron chi connectivity index (χ0n) is 19.3. The molecule has 0 aliphatic carbocycles. The Morgan fingerprint density at radius 3 is 2.66 bits per heavy atom. The van der Waals surface area contributed by atoms with Gasteiger partial charge in [-0.1, -0.05) is 23.7 Å². The maximum Gasteiger partial charge on any atom is 0.137 e. The van der Waals surface area contributed by atoms with Gasteiger partial charge in [0.05, 0.1) is 29.9 Å². The molecule has 1 aliphatic rings. The van der Waals surface area contributed by atoms with Crippen LogP contribution in [0.15, 0.2) is 47.6 Å². The zero-order chi connectivity index (χ0) is 24.9. The van der Waals surface area contributed by atoms with Crippen molar-refractivity contribution in [1.82, 2.24) is 4.98 Å². The average Bonchev–Trinajstić information content (AvgIpc) is 3.06. The summed E-state index contributed by atoms with van der Waals surface area (Å²) in [6.45, 7) is 4.28. The summed E-state index contributed by atoms with van der Waals surface area (Å²) in [6, 6.07) is 11.1. The first kappa shape index (κ1) is 24.2. The summed E-state index contributed by atoms with van der Waals surface area (Å²) in [5.74, 6) is 10.0. The number of nitrogens with one attached hydrogen (secondary N) is 2. The number of amidine groups is 2. The van der Waals surface area contributed by atoms with E-state index in [1.54, 1.807) is 24.1 Å². The van der Waals surface area contributed by atoms with Gasteiger partial charge in [0.25, 0.3) is 0 Å². The Labute approximate surface area is 213 Å². The number of ether oxygens (including phenoxy) is 1. The van der Waals surface area contributed by atoms with Gasteiger partial charge in [-0.25, -0.2) is 4.98 Å². The number of rotatable bonds is 4. The first-order chi connectivity index (χ1) is 16.9. The monoisotopic (exact) mass is 499 g/mol. The lowest BCUT2D eigenvalue weighted by atomic mass is 9.99. The third-order valence-electron chi connectivity index (χ3n) is 5.23. The third-order valence-corrected chi connectivity index (χ3v) is 6.68. The number of anilines is 1. The molecule has 3 heterocycles. The van der Waals surface area contributed by atoms with Crippen LogP contribution in [0.1, 0.15) is 40.6 Å². The molecule has 0 spiro atoms. The number of thiophene rings is 1. The average molecular weight is 500 g/mol. The molecule has 0 bridgehead atoms. The molecule has 35 heavy (non-hydrogen) atoms. The Morgan fingerprint density at radius 1 is 1.23 bits per heavy atom. The minimum atomic E-state index is 0.176. The third kappa shape index (κ3) is 5.27. The Hall–Kier alpha value is -3.91. The number of aromatic nitrogens is 1. The molecule has 0 amide bonds. The van der Waals surface area contributed by atoms with E-state index < -0.39 is 0 Å². The maximum atomic E-state index is 8.53. The summed E-state index contributed by atoms with van der Waals surface area (Å²) in [5, 5.41) is 18.2. The highest BCUT2D eigenvalue weighted by Crippen LogP contribution is 2.39. The number of pyridine rings is 1. The molecule has 0 saturated heterocycles. The Balaban J connectivity index is 1.74. The van der Waals surface area contributed by atoms with Crippen LogP contribution in [-0.2, 0) is 0 Å². The predicted molar refractivity (Wildman–Crippen MR) is 144 cm³/mol. The van der Waals surface area contributed by atoms with Crippen LogP contribution in [0, 0.1) is 41.9 Å². The van der Waals surface area contributed by atoms with Gasteiger partial charge < -0.3 is 4.74 Å². The number of fused-ring (bicyclic) bond motifs is 1. The Kier molecular flexibility index (Phi) is 7.31. The molecule has 0 atom stereocenters. The van der Waals surface area contributed by atoms with Gasteiger partial charge in [0.15, 0.2) is 0 Å². The van der Waals surface area contributed by atoms with Crippen LogP contribution in [0.25, 0.3) is 0 Å². The lowest BCUT2D eigenvalue weighted by molar-refractivity contribution is 0.326. The second kappa shape index (κ2) is 10.6. The van der Waals surface area contributed by atoms with E-state index >= 15 is 0 Å². The molecular formula is C27H22ClN5OS. The van der Waals surface area contributed by atoms with Crippen molar-refractivity contribution >= 4 is 45.3 Å². The zero-order valence-corrected chi connectivity index (χ0v) is 20.8. The number of terminal acetylenes is 1. The lowest BCUT2D eigenvalue weighted by Crippen LogP contribution is -2.35. The largest absolute Gasteiger partial charge is 0.491 e. The molecule has 0 radical (unpaired) electrons. The van der Waals surface area contributed by atoms with Gasteiger partial charge in [-0.3, -0.25) is 20.7 Å². The van der Waals surface area contributed by atoms with Crippen molar-refractivity contribution in [3.8, 4) is 29.9 Å². The molecule has 8 heteroatoms. The SMILES string of the molecule is C#CCCOc1ccc(C#Cc2sc3c(c2C)C(c2ccc(Cl)cc2)=NCC(=N)N3C(C)=N)nc1. The van der Waals surface area contributed by atoms with Gasteiger partial charge in [0.1, 0.15) is 28.1 Å². The van der Waals surface area contributed by atoms with Crippen LogP contribution in [-0.4, -0.2) is 35.5 Å². The standard InChI is InChI=1S/C27H22ClN5OS/c1-4-5-14-34-22-12-10-21(31-15-22)11-13-23-17(2)25-26(19-6-8-20(28)9-7-19)32-16-24(30)33(18(3)29)27(25)35-23/h1,6-10,12,15,29-30H,5,14,16H2,2-3H3. The number of benzene rings is 1. The molecule has 2 aromatic heterocycles. The molecule has 0 saturated carbocycles. The van der Waals surface area contributed by atoms with Crippen molar-refractivity contribution in [1.29, 1.82) is 10.8 Å². The van der Waals surface area contributed by atoms with Crippen LogP contribution in [0.2, 0.25) is 5.02 Å². The number of nitrogens with zero attached hydrogens (tertiary/aromatic N) is 3. The van der Waals surface area contributed by atoms with Gasteiger partial charge in [0, 0.05) is 22.6 Å². The van der Waals surface area contributed by atoms with E-state index in [0.29, 0.717) is 29.5 Å². The van der Waals surface area contributed by atoms with Crippen LogP contribution in [0.4, 0.5) is 5.00 Å². The fraction of sp³-hybridized carbons (Fsp3) is 0.185. The molecule has 1 aromatic carbocycles. The summed E-state index contributed by atoms with van der Waals surface area (Å²) in [7, 11) is 0. The van der Waals surface area contributed by atoms with E-state index in [1.807, 2.05) is 37.3 Å². The van der Waals surface area contributed by atoms with E-state index in [9.17, 15) is 0 Å². The molecular weight excluding hydrogens is 478 g/mol. The molecule has 6 nitrogen and oxygen atoms in total.